The number of nitrogens with one attached hydrogen (secondary N) is 1. The van der Waals surface area contributed by atoms with Crippen molar-refractivity contribution in [2.45, 2.75) is 71.1 Å². The quantitative estimate of drug-likeness (QED) is 0.634. The molecule has 1 aliphatic heterocycles. The Morgan fingerprint density at radius 3 is 2.60 bits per heavy atom. The van der Waals surface area contributed by atoms with Crippen LogP contribution in [0, 0.1) is 11.7 Å². The van der Waals surface area contributed by atoms with Crippen LogP contribution in [0.3, 0.4) is 0 Å². The summed E-state index contributed by atoms with van der Waals surface area (Å²) in [5.74, 6) is -1.49. The largest absolute Gasteiger partial charge is 0.417 e. The summed E-state index contributed by atoms with van der Waals surface area (Å²) < 4.78 is 69.6. The number of hydrogen-bond donors (Lipinski definition) is 1. The molecule has 3 heterocycles. The second-order valence-corrected chi connectivity index (χ2v) is 12.1. The zero-order valence-corrected chi connectivity index (χ0v) is 20.7. The van der Waals surface area contributed by atoms with E-state index in [9.17, 15) is 26.4 Å². The van der Waals surface area contributed by atoms with E-state index in [4.69, 9.17) is 0 Å². The number of carbonyl (C=O) groups is 1. The molecular weight excluding hydrogens is 485 g/mol. The van der Waals surface area contributed by atoms with Crippen LogP contribution in [0.5, 0.6) is 5.88 Å². The molecule has 8 nitrogen and oxygen atoms in total. The van der Waals surface area contributed by atoms with Crippen molar-refractivity contribution in [3.63, 3.8) is 0 Å². The average Bonchev–Trinajstić information content (AvgIpc) is 3.16. The number of pyridine rings is 1. The molecule has 12 heteroatoms. The average molecular weight is 515 g/mol. The first-order valence-electron chi connectivity index (χ1n) is 11.6. The number of amides is 1. The summed E-state index contributed by atoms with van der Waals surface area (Å²) >= 11 is 0. The van der Waals surface area contributed by atoms with E-state index in [2.05, 4.69) is 20.1 Å². The highest BCUT2D eigenvalue weighted by Gasteiger charge is 2.38. The zero-order valence-electron chi connectivity index (χ0n) is 19.9. The van der Waals surface area contributed by atoms with Crippen LogP contribution in [-0.4, -0.2) is 52.7 Å². The first-order valence-corrected chi connectivity index (χ1v) is 13.4. The second-order valence-electron chi connectivity index (χ2n) is 9.83. The van der Waals surface area contributed by atoms with Crippen LogP contribution < -0.4 is 10.1 Å². The number of sulfone groups is 1. The molecule has 1 N–H and O–H groups in total. The van der Waals surface area contributed by atoms with Gasteiger partial charge in [-0.3, -0.25) is 9.48 Å². The number of alkyl halides is 2. The van der Waals surface area contributed by atoms with Gasteiger partial charge in [0.2, 0.25) is 11.8 Å². The summed E-state index contributed by atoms with van der Waals surface area (Å²) in [4.78, 5) is 16.7. The third-order valence-corrected chi connectivity index (χ3v) is 8.46. The number of rotatable bonds is 6. The molecule has 192 valence electrons. The molecule has 1 unspecified atom stereocenters. The lowest BCUT2D eigenvalue weighted by atomic mass is 9.84. The summed E-state index contributed by atoms with van der Waals surface area (Å²) in [6.07, 6.45) is 2.91. The maximum absolute atomic E-state index is 14.7. The molecule has 1 fully saturated rings. The maximum atomic E-state index is 14.7. The minimum absolute atomic E-state index is 0.0186. The summed E-state index contributed by atoms with van der Waals surface area (Å²) in [6.45, 7) is 2.61. The van der Waals surface area contributed by atoms with Crippen LogP contribution in [-0.2, 0) is 27.5 Å². The molecule has 0 spiro atoms. The Morgan fingerprint density at radius 2 is 1.97 bits per heavy atom. The van der Waals surface area contributed by atoms with E-state index in [1.54, 1.807) is 4.68 Å². The van der Waals surface area contributed by atoms with Gasteiger partial charge in [-0.15, -0.1) is 0 Å². The fourth-order valence-corrected chi connectivity index (χ4v) is 6.50. The van der Waals surface area contributed by atoms with Gasteiger partial charge in [-0.1, -0.05) is 0 Å². The fourth-order valence-electron chi connectivity index (χ4n) is 4.77. The molecule has 0 radical (unpaired) electrons. The normalized spacial score (nSPS) is 21.1. The van der Waals surface area contributed by atoms with Gasteiger partial charge in [0.1, 0.15) is 9.84 Å². The molecule has 2 aromatic rings. The van der Waals surface area contributed by atoms with Gasteiger partial charge < -0.3 is 10.1 Å². The van der Waals surface area contributed by atoms with E-state index in [0.29, 0.717) is 37.8 Å². The van der Waals surface area contributed by atoms with Crippen molar-refractivity contribution in [1.29, 1.82) is 0 Å². The molecule has 1 saturated heterocycles. The Bertz CT molecular complexity index is 1220. The van der Waals surface area contributed by atoms with Gasteiger partial charge in [-0.05, 0) is 46.5 Å². The van der Waals surface area contributed by atoms with E-state index >= 15 is 0 Å². The van der Waals surface area contributed by atoms with Crippen molar-refractivity contribution in [3.8, 4) is 17.1 Å². The van der Waals surface area contributed by atoms with Crippen LogP contribution in [0.1, 0.15) is 57.3 Å². The highest BCUT2D eigenvalue weighted by atomic mass is 32.2. The lowest BCUT2D eigenvalue weighted by Gasteiger charge is -2.36. The first kappa shape index (κ1) is 25.5. The molecule has 0 bridgehead atoms. The number of fused-ring (bicyclic) bond motifs is 1. The monoisotopic (exact) mass is 514 g/mol. The smallest absolute Gasteiger partial charge is 0.388 e. The van der Waals surface area contributed by atoms with E-state index in [1.807, 2.05) is 20.8 Å². The zero-order chi connectivity index (χ0) is 25.5. The minimum Gasteiger partial charge on any atom is -0.417 e. The van der Waals surface area contributed by atoms with Crippen LogP contribution in [0.15, 0.2) is 12.3 Å². The highest BCUT2D eigenvalue weighted by Crippen LogP contribution is 2.37. The molecule has 1 aliphatic carbocycles. The Morgan fingerprint density at radius 1 is 1.29 bits per heavy atom. The van der Waals surface area contributed by atoms with Crippen LogP contribution in [0.25, 0.3) is 11.3 Å². The van der Waals surface area contributed by atoms with Gasteiger partial charge >= 0.3 is 6.61 Å². The van der Waals surface area contributed by atoms with Crippen LogP contribution in [0.2, 0.25) is 0 Å². The van der Waals surface area contributed by atoms with E-state index in [1.165, 1.54) is 0 Å². The molecule has 1 amide bonds. The molecule has 35 heavy (non-hydrogen) atoms. The number of carbonyl (C=O) groups excluding carboxylic acids is 1. The van der Waals surface area contributed by atoms with Crippen molar-refractivity contribution < 1.29 is 31.1 Å². The molecule has 2 aliphatic rings. The predicted molar refractivity (Wildman–Crippen MR) is 122 cm³/mol. The lowest BCUT2D eigenvalue weighted by Crippen LogP contribution is -2.53. The number of hydrogen-bond acceptors (Lipinski definition) is 6. The van der Waals surface area contributed by atoms with Crippen LogP contribution >= 0.6 is 0 Å². The Balaban J connectivity index is 1.60. The number of nitrogens with zero attached hydrogens (tertiary/aromatic N) is 3. The molecule has 2 aromatic heterocycles. The maximum Gasteiger partial charge on any atom is 0.388 e. The van der Waals surface area contributed by atoms with Gasteiger partial charge in [0, 0.05) is 46.8 Å². The predicted octanol–water partition coefficient (Wildman–Crippen LogP) is 3.45. The third-order valence-electron chi connectivity index (χ3n) is 6.81. The topological polar surface area (TPSA) is 103 Å². The standard InChI is InChI=1S/C23H29F3N4O4S/c1-13(2)30-18-10-14(21(31)28-23(3)6-8-35(32,33)9-7-23)4-5-15(18)20(29-30)16-11-19(34-22(25)26)27-12-17(16)24/h11-14,22H,4-10H2,1-3H3,(H,28,31). The van der Waals surface area contributed by atoms with Gasteiger partial charge in [-0.25, -0.2) is 17.8 Å². The van der Waals surface area contributed by atoms with Gasteiger partial charge in [0.05, 0.1) is 23.4 Å². The van der Waals surface area contributed by atoms with Gasteiger partial charge in [-0.2, -0.15) is 13.9 Å². The van der Waals surface area contributed by atoms with E-state index in [-0.39, 0.29) is 34.9 Å². The highest BCUT2D eigenvalue weighted by molar-refractivity contribution is 7.91. The molecule has 0 saturated carbocycles. The van der Waals surface area contributed by atoms with Crippen molar-refractivity contribution in [1.82, 2.24) is 20.1 Å². The van der Waals surface area contributed by atoms with Crippen molar-refractivity contribution >= 4 is 15.7 Å². The number of aromatic nitrogens is 3. The molecule has 0 aromatic carbocycles. The van der Waals surface area contributed by atoms with Crippen LogP contribution in [0.4, 0.5) is 13.2 Å². The van der Waals surface area contributed by atoms with Gasteiger partial charge in [0.25, 0.3) is 0 Å². The lowest BCUT2D eigenvalue weighted by molar-refractivity contribution is -0.127. The van der Waals surface area contributed by atoms with Crippen molar-refractivity contribution in [2.75, 3.05) is 11.5 Å². The fraction of sp³-hybridized carbons (Fsp3) is 0.609. The Labute approximate surface area is 202 Å². The summed E-state index contributed by atoms with van der Waals surface area (Å²) in [5.41, 5.74) is 1.34. The number of halogens is 3. The number of ether oxygens (including phenoxy) is 1. The third kappa shape index (κ3) is 5.46. The Hall–Kier alpha value is -2.63. The molecular formula is C23H29F3N4O4S. The second kappa shape index (κ2) is 9.44. The molecule has 4 rings (SSSR count). The van der Waals surface area contributed by atoms with E-state index in [0.717, 1.165) is 23.5 Å². The van der Waals surface area contributed by atoms with Gasteiger partial charge in [0.15, 0.2) is 5.82 Å². The minimum atomic E-state index is -3.09. The SMILES string of the molecule is CC(C)n1nc(-c2cc(OC(F)F)ncc2F)c2c1CC(C(=O)NC1(C)CCS(=O)(=O)CC1)CC2. The van der Waals surface area contributed by atoms with E-state index < -0.39 is 33.7 Å². The summed E-state index contributed by atoms with van der Waals surface area (Å²) in [6, 6.07) is 1.04. The first-order chi connectivity index (χ1) is 16.4. The summed E-state index contributed by atoms with van der Waals surface area (Å²) in [5, 5.41) is 7.66. The van der Waals surface area contributed by atoms with Crippen molar-refractivity contribution in [2.24, 2.45) is 5.92 Å². The summed E-state index contributed by atoms with van der Waals surface area (Å²) in [7, 11) is -3.06. The molecule has 1 atom stereocenters. The van der Waals surface area contributed by atoms with Crippen molar-refractivity contribution in [3.05, 3.63) is 29.3 Å². The Kier molecular flexibility index (Phi) is 6.87.